The van der Waals surface area contributed by atoms with Crippen LogP contribution in [-0.2, 0) is 6.54 Å². The highest BCUT2D eigenvalue weighted by atomic mass is 19.1. The molecule has 1 N–H and O–H groups in total. The molecule has 0 bridgehead atoms. The standard InChI is InChI=1S/C8H7FN2/c9-7-1-2-8-6(3-7)4-10-5-11-8/h1-3,5H,4H2,(H,10,11). The summed E-state index contributed by atoms with van der Waals surface area (Å²) >= 11 is 0. The van der Waals surface area contributed by atoms with E-state index in [9.17, 15) is 4.39 Å². The number of hydrogen-bond donors (Lipinski definition) is 1. The maximum atomic E-state index is 12.6. The molecule has 1 aliphatic heterocycles. The van der Waals surface area contributed by atoms with Crippen LogP contribution in [-0.4, -0.2) is 6.34 Å². The third-order valence-corrected chi connectivity index (χ3v) is 1.63. The summed E-state index contributed by atoms with van der Waals surface area (Å²) in [5.41, 5.74) is 1.76. The van der Waals surface area contributed by atoms with Crippen LogP contribution in [0, 0.1) is 5.82 Å². The summed E-state index contributed by atoms with van der Waals surface area (Å²) in [5, 5.41) is 2.91. The molecular formula is C8H7FN2. The molecule has 1 heterocycles. The zero-order valence-corrected chi connectivity index (χ0v) is 5.84. The van der Waals surface area contributed by atoms with Gasteiger partial charge >= 0.3 is 0 Å². The fourth-order valence-corrected chi connectivity index (χ4v) is 1.09. The van der Waals surface area contributed by atoms with Crippen molar-refractivity contribution in [2.45, 2.75) is 6.54 Å². The fraction of sp³-hybridized carbons (Fsp3) is 0.125. The molecule has 0 spiro atoms. The van der Waals surface area contributed by atoms with Crippen molar-refractivity contribution in [1.29, 1.82) is 0 Å². The van der Waals surface area contributed by atoms with Crippen molar-refractivity contribution in [2.75, 3.05) is 0 Å². The lowest BCUT2D eigenvalue weighted by atomic mass is 10.1. The smallest absolute Gasteiger partial charge is 0.123 e. The van der Waals surface area contributed by atoms with Gasteiger partial charge in [-0.05, 0) is 23.8 Å². The second-order valence-corrected chi connectivity index (χ2v) is 2.41. The zero-order chi connectivity index (χ0) is 7.68. The van der Waals surface area contributed by atoms with Gasteiger partial charge in [0.2, 0.25) is 0 Å². The first kappa shape index (κ1) is 6.34. The van der Waals surface area contributed by atoms with Gasteiger partial charge in [0.1, 0.15) is 5.82 Å². The highest BCUT2D eigenvalue weighted by Gasteiger charge is 2.04. The highest BCUT2D eigenvalue weighted by Crippen LogP contribution is 2.21. The average molecular weight is 150 g/mol. The molecule has 0 saturated carbocycles. The van der Waals surface area contributed by atoms with Crippen molar-refractivity contribution in [3.63, 3.8) is 0 Å². The van der Waals surface area contributed by atoms with E-state index in [0.717, 1.165) is 11.3 Å². The minimum atomic E-state index is -0.206. The van der Waals surface area contributed by atoms with Gasteiger partial charge in [0, 0.05) is 6.54 Å². The van der Waals surface area contributed by atoms with Crippen LogP contribution in [0.25, 0.3) is 0 Å². The molecule has 0 radical (unpaired) electrons. The lowest BCUT2D eigenvalue weighted by molar-refractivity contribution is 0.624. The quantitative estimate of drug-likeness (QED) is 0.596. The number of fused-ring (bicyclic) bond motifs is 1. The van der Waals surface area contributed by atoms with Crippen LogP contribution in [0.15, 0.2) is 23.2 Å². The largest absolute Gasteiger partial charge is 0.372 e. The van der Waals surface area contributed by atoms with Crippen LogP contribution in [0.3, 0.4) is 0 Å². The molecular weight excluding hydrogens is 143 g/mol. The molecule has 0 saturated heterocycles. The third kappa shape index (κ3) is 1.09. The van der Waals surface area contributed by atoms with Crippen LogP contribution in [0.2, 0.25) is 0 Å². The van der Waals surface area contributed by atoms with Gasteiger partial charge in [0.25, 0.3) is 0 Å². The Morgan fingerprint density at radius 1 is 1.45 bits per heavy atom. The molecule has 2 rings (SSSR count). The van der Waals surface area contributed by atoms with Gasteiger partial charge in [-0.3, -0.25) is 0 Å². The van der Waals surface area contributed by atoms with Crippen molar-refractivity contribution in [3.8, 4) is 0 Å². The minimum Gasteiger partial charge on any atom is -0.372 e. The second kappa shape index (κ2) is 2.34. The fourth-order valence-electron chi connectivity index (χ4n) is 1.09. The number of benzene rings is 1. The van der Waals surface area contributed by atoms with E-state index in [0.29, 0.717) is 6.54 Å². The van der Waals surface area contributed by atoms with E-state index in [1.807, 2.05) is 0 Å². The molecule has 11 heavy (non-hydrogen) atoms. The SMILES string of the molecule is Fc1ccc2c(c1)CNC=N2. The molecule has 0 amide bonds. The van der Waals surface area contributed by atoms with E-state index < -0.39 is 0 Å². The number of halogens is 1. The Morgan fingerprint density at radius 2 is 2.36 bits per heavy atom. The number of rotatable bonds is 0. The molecule has 1 aromatic carbocycles. The summed E-state index contributed by atoms with van der Waals surface area (Å²) in [5.74, 6) is -0.206. The van der Waals surface area contributed by atoms with E-state index in [-0.39, 0.29) is 5.82 Å². The van der Waals surface area contributed by atoms with Gasteiger partial charge in [0.15, 0.2) is 0 Å². The summed E-state index contributed by atoms with van der Waals surface area (Å²) in [6.07, 6.45) is 1.63. The summed E-state index contributed by atoms with van der Waals surface area (Å²) in [6.45, 7) is 0.663. The van der Waals surface area contributed by atoms with Crippen molar-refractivity contribution in [3.05, 3.63) is 29.6 Å². The lowest BCUT2D eigenvalue weighted by Crippen LogP contribution is -2.13. The lowest BCUT2D eigenvalue weighted by Gasteiger charge is -2.09. The van der Waals surface area contributed by atoms with E-state index in [1.165, 1.54) is 12.1 Å². The maximum absolute atomic E-state index is 12.6. The highest BCUT2D eigenvalue weighted by molar-refractivity contribution is 5.66. The van der Waals surface area contributed by atoms with Gasteiger partial charge in [-0.2, -0.15) is 0 Å². The molecule has 3 heteroatoms. The van der Waals surface area contributed by atoms with E-state index in [2.05, 4.69) is 10.3 Å². The molecule has 2 nitrogen and oxygen atoms in total. The molecule has 1 aliphatic rings. The Morgan fingerprint density at radius 3 is 3.27 bits per heavy atom. The van der Waals surface area contributed by atoms with Gasteiger partial charge in [-0.15, -0.1) is 0 Å². The first-order valence-electron chi connectivity index (χ1n) is 3.40. The molecule has 0 atom stereocenters. The van der Waals surface area contributed by atoms with Crippen molar-refractivity contribution < 1.29 is 4.39 Å². The molecule has 56 valence electrons. The summed E-state index contributed by atoms with van der Waals surface area (Å²) in [4.78, 5) is 4.03. The molecule has 0 aromatic heterocycles. The van der Waals surface area contributed by atoms with Gasteiger partial charge < -0.3 is 5.32 Å². The van der Waals surface area contributed by atoms with Crippen LogP contribution in [0.5, 0.6) is 0 Å². The van der Waals surface area contributed by atoms with E-state index >= 15 is 0 Å². The Bertz CT molecular complexity index is 307. The van der Waals surface area contributed by atoms with Gasteiger partial charge in [-0.25, -0.2) is 9.38 Å². The third-order valence-electron chi connectivity index (χ3n) is 1.63. The van der Waals surface area contributed by atoms with E-state index in [1.54, 1.807) is 12.4 Å². The Kier molecular flexibility index (Phi) is 1.35. The summed E-state index contributed by atoms with van der Waals surface area (Å²) in [6, 6.07) is 4.60. The van der Waals surface area contributed by atoms with Crippen molar-refractivity contribution in [2.24, 2.45) is 4.99 Å². The first-order chi connectivity index (χ1) is 5.36. The van der Waals surface area contributed by atoms with Gasteiger partial charge in [0.05, 0.1) is 12.0 Å². The van der Waals surface area contributed by atoms with Crippen LogP contribution in [0.1, 0.15) is 5.56 Å². The van der Waals surface area contributed by atoms with Crippen LogP contribution >= 0.6 is 0 Å². The van der Waals surface area contributed by atoms with Crippen LogP contribution < -0.4 is 5.32 Å². The Labute approximate surface area is 63.8 Å². The monoisotopic (exact) mass is 150 g/mol. The maximum Gasteiger partial charge on any atom is 0.123 e. The Balaban J connectivity index is 2.53. The number of nitrogens with one attached hydrogen (secondary N) is 1. The predicted molar refractivity (Wildman–Crippen MR) is 41.4 cm³/mol. The van der Waals surface area contributed by atoms with Gasteiger partial charge in [-0.1, -0.05) is 0 Å². The Hall–Kier alpha value is -1.38. The normalized spacial score (nSPS) is 13.9. The topological polar surface area (TPSA) is 24.4 Å². The van der Waals surface area contributed by atoms with Crippen molar-refractivity contribution >= 4 is 12.0 Å². The average Bonchev–Trinajstić information content (AvgIpc) is 2.04. The second-order valence-electron chi connectivity index (χ2n) is 2.41. The van der Waals surface area contributed by atoms with Crippen molar-refractivity contribution in [1.82, 2.24) is 5.32 Å². The first-order valence-corrected chi connectivity index (χ1v) is 3.40. The molecule has 1 aromatic rings. The number of hydrogen-bond acceptors (Lipinski definition) is 2. The minimum absolute atomic E-state index is 0.206. The molecule has 0 unspecified atom stereocenters. The summed E-state index contributed by atoms with van der Waals surface area (Å²) < 4.78 is 12.6. The number of aliphatic imine (C=N–C) groups is 1. The zero-order valence-electron chi connectivity index (χ0n) is 5.84. The molecule has 0 aliphatic carbocycles. The summed E-state index contributed by atoms with van der Waals surface area (Å²) in [7, 11) is 0. The van der Waals surface area contributed by atoms with E-state index in [4.69, 9.17) is 0 Å². The molecule has 0 fully saturated rings. The van der Waals surface area contributed by atoms with Crippen LogP contribution in [0.4, 0.5) is 10.1 Å². The predicted octanol–water partition coefficient (Wildman–Crippen LogP) is 1.59. The number of nitrogens with zero attached hydrogens (tertiary/aromatic N) is 1.